The minimum Gasteiger partial charge on any atom is -0.351 e. The van der Waals surface area contributed by atoms with E-state index in [9.17, 15) is 0 Å². The molecule has 22 heavy (non-hydrogen) atoms. The van der Waals surface area contributed by atoms with Crippen LogP contribution in [0.1, 0.15) is 32.8 Å². The van der Waals surface area contributed by atoms with Crippen LogP contribution in [0.25, 0.3) is 10.9 Å². The normalized spacial score (nSPS) is 21.0. The van der Waals surface area contributed by atoms with Crippen molar-refractivity contribution in [2.45, 2.75) is 45.8 Å². The van der Waals surface area contributed by atoms with Crippen LogP contribution in [-0.4, -0.2) is 46.1 Å². The quantitative estimate of drug-likeness (QED) is 0.856. The summed E-state index contributed by atoms with van der Waals surface area (Å²) in [5, 5.41) is 1.34. The van der Waals surface area contributed by atoms with Gasteiger partial charge in [-0.1, -0.05) is 19.1 Å². The van der Waals surface area contributed by atoms with Crippen LogP contribution in [0.4, 0.5) is 0 Å². The highest BCUT2D eigenvalue weighted by Gasteiger charge is 2.27. The van der Waals surface area contributed by atoms with Crippen molar-refractivity contribution in [2.75, 3.05) is 19.6 Å². The molecule has 1 fully saturated rings. The van der Waals surface area contributed by atoms with Gasteiger partial charge in [0.25, 0.3) is 0 Å². The van der Waals surface area contributed by atoms with Crippen LogP contribution in [0.3, 0.4) is 0 Å². The van der Waals surface area contributed by atoms with E-state index in [2.05, 4.69) is 72.6 Å². The highest BCUT2D eigenvalue weighted by Crippen LogP contribution is 2.21. The Kier molecular flexibility index (Phi) is 4.55. The van der Waals surface area contributed by atoms with E-state index in [1.807, 2.05) is 0 Å². The van der Waals surface area contributed by atoms with Crippen molar-refractivity contribution in [3.63, 3.8) is 0 Å². The van der Waals surface area contributed by atoms with E-state index in [-0.39, 0.29) is 0 Å². The molecule has 0 bridgehead atoms. The number of rotatable bonds is 4. The molecule has 120 valence electrons. The lowest BCUT2D eigenvalue weighted by molar-refractivity contribution is 0.0457. The molecule has 1 aliphatic rings. The van der Waals surface area contributed by atoms with Crippen LogP contribution in [-0.2, 0) is 13.6 Å². The Morgan fingerprint density at radius 2 is 2.00 bits per heavy atom. The van der Waals surface area contributed by atoms with Gasteiger partial charge in [-0.15, -0.1) is 0 Å². The van der Waals surface area contributed by atoms with Crippen LogP contribution in [0.5, 0.6) is 0 Å². The number of benzene rings is 1. The van der Waals surface area contributed by atoms with Gasteiger partial charge >= 0.3 is 0 Å². The summed E-state index contributed by atoms with van der Waals surface area (Å²) in [5.74, 6) is 0. The highest BCUT2D eigenvalue weighted by molar-refractivity contribution is 5.80. The second kappa shape index (κ2) is 6.43. The van der Waals surface area contributed by atoms with Gasteiger partial charge in [0.1, 0.15) is 0 Å². The van der Waals surface area contributed by atoms with E-state index >= 15 is 0 Å². The fraction of sp³-hybridized carbons (Fsp3) is 0.579. The molecule has 0 amide bonds. The zero-order valence-electron chi connectivity index (χ0n) is 14.4. The first-order valence-corrected chi connectivity index (χ1v) is 8.60. The van der Waals surface area contributed by atoms with Crippen molar-refractivity contribution in [3.05, 3.63) is 36.0 Å². The summed E-state index contributed by atoms with van der Waals surface area (Å²) >= 11 is 0. The second-order valence-corrected chi connectivity index (χ2v) is 6.95. The number of hydrogen-bond donors (Lipinski definition) is 0. The average molecular weight is 299 g/mol. The molecule has 2 aromatic rings. The monoisotopic (exact) mass is 299 g/mol. The maximum atomic E-state index is 2.66. The highest BCUT2D eigenvalue weighted by atomic mass is 15.3. The van der Waals surface area contributed by atoms with Gasteiger partial charge in [-0.2, -0.15) is 0 Å². The van der Waals surface area contributed by atoms with Gasteiger partial charge in [0, 0.05) is 57.0 Å². The Hall–Kier alpha value is -1.32. The Morgan fingerprint density at radius 1 is 1.18 bits per heavy atom. The minimum absolute atomic E-state index is 0.659. The molecule has 0 aliphatic carbocycles. The molecule has 3 rings (SSSR count). The summed E-state index contributed by atoms with van der Waals surface area (Å²) in [5.41, 5.74) is 2.77. The molecule has 3 heteroatoms. The Morgan fingerprint density at radius 3 is 2.73 bits per heavy atom. The summed E-state index contributed by atoms with van der Waals surface area (Å²) in [7, 11) is 2.13. The largest absolute Gasteiger partial charge is 0.351 e. The van der Waals surface area contributed by atoms with E-state index in [4.69, 9.17) is 0 Å². The molecule has 1 aromatic carbocycles. The van der Waals surface area contributed by atoms with Crippen LogP contribution in [0, 0.1) is 0 Å². The van der Waals surface area contributed by atoms with E-state index in [0.717, 1.165) is 6.54 Å². The van der Waals surface area contributed by atoms with Crippen molar-refractivity contribution in [1.82, 2.24) is 14.4 Å². The Bertz CT molecular complexity index is 629. The number of aromatic nitrogens is 1. The molecular formula is C19H29N3. The summed E-state index contributed by atoms with van der Waals surface area (Å²) in [4.78, 5) is 5.29. The SMILES string of the molecule is CC[C@H]1CN(Cc2ccc3ccn(C)c3c2)CCN1C(C)C. The van der Waals surface area contributed by atoms with Gasteiger partial charge in [-0.3, -0.25) is 9.80 Å². The van der Waals surface area contributed by atoms with Gasteiger partial charge in [0.15, 0.2) is 0 Å². The molecule has 0 spiro atoms. The molecule has 2 heterocycles. The van der Waals surface area contributed by atoms with E-state index < -0.39 is 0 Å². The zero-order chi connectivity index (χ0) is 15.7. The van der Waals surface area contributed by atoms with Crippen molar-refractivity contribution in [1.29, 1.82) is 0 Å². The summed E-state index contributed by atoms with van der Waals surface area (Å²) in [6.07, 6.45) is 3.38. The topological polar surface area (TPSA) is 11.4 Å². The standard InChI is InChI=1S/C19H29N3/c1-5-18-14-21(10-11-22(18)15(2)3)13-16-6-7-17-8-9-20(4)19(17)12-16/h6-9,12,15,18H,5,10-11,13-14H2,1-4H3/t18-/m0/s1. The number of nitrogens with zero attached hydrogens (tertiary/aromatic N) is 3. The van der Waals surface area contributed by atoms with Gasteiger partial charge in [-0.25, -0.2) is 0 Å². The third kappa shape index (κ3) is 3.06. The lowest BCUT2D eigenvalue weighted by Gasteiger charge is -2.43. The molecule has 0 N–H and O–H groups in total. The van der Waals surface area contributed by atoms with Crippen LogP contribution in [0.2, 0.25) is 0 Å². The fourth-order valence-corrected chi connectivity index (χ4v) is 3.79. The van der Waals surface area contributed by atoms with Crippen molar-refractivity contribution >= 4 is 10.9 Å². The van der Waals surface area contributed by atoms with E-state index in [1.54, 1.807) is 0 Å². The predicted octanol–water partition coefficient (Wildman–Crippen LogP) is 3.48. The van der Waals surface area contributed by atoms with Gasteiger partial charge in [0.2, 0.25) is 0 Å². The number of fused-ring (bicyclic) bond motifs is 1. The van der Waals surface area contributed by atoms with E-state index in [0.29, 0.717) is 12.1 Å². The summed E-state index contributed by atoms with van der Waals surface area (Å²) < 4.78 is 2.21. The molecule has 0 saturated carbocycles. The number of piperazine rings is 1. The maximum Gasteiger partial charge on any atom is 0.0480 e. The predicted molar refractivity (Wildman–Crippen MR) is 94.1 cm³/mol. The molecule has 1 aromatic heterocycles. The van der Waals surface area contributed by atoms with Gasteiger partial charge in [-0.05, 0) is 43.4 Å². The molecule has 1 aliphatic heterocycles. The fourth-order valence-electron chi connectivity index (χ4n) is 3.79. The second-order valence-electron chi connectivity index (χ2n) is 6.95. The molecule has 1 atom stereocenters. The summed E-state index contributed by atoms with van der Waals surface area (Å²) in [6, 6.07) is 10.4. The minimum atomic E-state index is 0.659. The first-order chi connectivity index (χ1) is 10.6. The lowest BCUT2D eigenvalue weighted by atomic mass is 10.1. The molecular weight excluding hydrogens is 270 g/mol. The molecule has 0 unspecified atom stereocenters. The molecule has 3 nitrogen and oxygen atoms in total. The lowest BCUT2D eigenvalue weighted by Crippen LogP contribution is -2.54. The average Bonchev–Trinajstić information content (AvgIpc) is 2.88. The van der Waals surface area contributed by atoms with Crippen LogP contribution < -0.4 is 0 Å². The van der Waals surface area contributed by atoms with Crippen LogP contribution in [0.15, 0.2) is 30.5 Å². The summed E-state index contributed by atoms with van der Waals surface area (Å²) in [6.45, 7) is 11.6. The number of aryl methyl sites for hydroxylation is 1. The third-order valence-electron chi connectivity index (χ3n) is 5.11. The smallest absolute Gasteiger partial charge is 0.0480 e. The Balaban J connectivity index is 1.71. The zero-order valence-corrected chi connectivity index (χ0v) is 14.4. The van der Waals surface area contributed by atoms with Crippen molar-refractivity contribution in [3.8, 4) is 0 Å². The number of hydrogen-bond acceptors (Lipinski definition) is 2. The van der Waals surface area contributed by atoms with E-state index in [1.165, 1.54) is 42.5 Å². The third-order valence-corrected chi connectivity index (χ3v) is 5.11. The first kappa shape index (κ1) is 15.6. The molecule has 0 radical (unpaired) electrons. The maximum absolute atomic E-state index is 2.66. The molecule has 1 saturated heterocycles. The van der Waals surface area contributed by atoms with Crippen LogP contribution >= 0.6 is 0 Å². The van der Waals surface area contributed by atoms with Crippen molar-refractivity contribution < 1.29 is 0 Å². The Labute approximate surface area is 134 Å². The van der Waals surface area contributed by atoms with Gasteiger partial charge in [0.05, 0.1) is 0 Å². The van der Waals surface area contributed by atoms with Crippen molar-refractivity contribution in [2.24, 2.45) is 7.05 Å². The van der Waals surface area contributed by atoms with Gasteiger partial charge < -0.3 is 4.57 Å². The first-order valence-electron chi connectivity index (χ1n) is 8.60.